The summed E-state index contributed by atoms with van der Waals surface area (Å²) in [6, 6.07) is 0. The summed E-state index contributed by atoms with van der Waals surface area (Å²) in [4.78, 5) is 10.3. The molecular formula is C15H23N3O4S. The molecule has 0 bridgehead atoms. The van der Waals surface area contributed by atoms with Crippen LogP contribution in [-0.2, 0) is 14.6 Å². The van der Waals surface area contributed by atoms with E-state index < -0.39 is 9.84 Å². The lowest BCUT2D eigenvalue weighted by molar-refractivity contribution is -0.184. The first kappa shape index (κ1) is 16.6. The van der Waals surface area contributed by atoms with E-state index in [0.29, 0.717) is 19.0 Å². The Morgan fingerprint density at radius 3 is 2.96 bits per heavy atom. The maximum atomic E-state index is 11.6. The molecule has 0 radical (unpaired) electrons. The number of aromatic nitrogens is 2. The van der Waals surface area contributed by atoms with Crippen LogP contribution in [0.25, 0.3) is 0 Å². The molecule has 0 aromatic carbocycles. The van der Waals surface area contributed by atoms with Gasteiger partial charge in [-0.25, -0.2) is 13.4 Å². The maximum absolute atomic E-state index is 11.6. The van der Waals surface area contributed by atoms with Crippen LogP contribution in [0.1, 0.15) is 19.8 Å². The van der Waals surface area contributed by atoms with Crippen molar-refractivity contribution in [3.8, 4) is 5.88 Å². The summed E-state index contributed by atoms with van der Waals surface area (Å²) in [5, 5.41) is 0. The highest BCUT2D eigenvalue weighted by Gasteiger charge is 2.48. The Morgan fingerprint density at radius 2 is 2.26 bits per heavy atom. The number of hydrogen-bond donors (Lipinski definition) is 0. The first-order valence-corrected chi connectivity index (χ1v) is 9.82. The highest BCUT2D eigenvalue weighted by molar-refractivity contribution is 7.91. The number of rotatable bonds is 6. The monoisotopic (exact) mass is 341 g/mol. The Hall–Kier alpha value is -1.25. The largest absolute Gasteiger partial charge is 0.473 e. The van der Waals surface area contributed by atoms with E-state index in [4.69, 9.17) is 9.47 Å². The van der Waals surface area contributed by atoms with Crippen LogP contribution in [0.15, 0.2) is 18.6 Å². The van der Waals surface area contributed by atoms with Gasteiger partial charge in [0.05, 0.1) is 24.2 Å². The zero-order chi connectivity index (χ0) is 16.3. The minimum Gasteiger partial charge on any atom is -0.473 e. The highest BCUT2D eigenvalue weighted by Crippen LogP contribution is 2.35. The third-order valence-corrected chi connectivity index (χ3v) is 6.14. The van der Waals surface area contributed by atoms with E-state index in [9.17, 15) is 8.42 Å². The van der Waals surface area contributed by atoms with E-state index in [1.807, 2.05) is 0 Å². The van der Waals surface area contributed by atoms with Gasteiger partial charge in [0.15, 0.2) is 9.84 Å². The molecule has 1 aromatic rings. The van der Waals surface area contributed by atoms with Gasteiger partial charge in [-0.2, -0.15) is 0 Å². The van der Waals surface area contributed by atoms with Gasteiger partial charge in [0.25, 0.3) is 0 Å². The van der Waals surface area contributed by atoms with E-state index in [-0.39, 0.29) is 23.2 Å². The van der Waals surface area contributed by atoms with Gasteiger partial charge >= 0.3 is 0 Å². The maximum Gasteiger partial charge on any atom is 0.232 e. The van der Waals surface area contributed by atoms with E-state index >= 15 is 0 Å². The van der Waals surface area contributed by atoms with Gasteiger partial charge in [0.2, 0.25) is 5.88 Å². The molecule has 0 N–H and O–H groups in total. The summed E-state index contributed by atoms with van der Waals surface area (Å²) >= 11 is 0. The molecule has 1 spiro atoms. The minimum absolute atomic E-state index is 0.0713. The Kier molecular flexibility index (Phi) is 4.84. The van der Waals surface area contributed by atoms with Crippen LogP contribution in [0, 0.1) is 0 Å². The molecule has 3 heterocycles. The summed E-state index contributed by atoms with van der Waals surface area (Å²) in [6.07, 6.45) is 6.56. The summed E-state index contributed by atoms with van der Waals surface area (Å²) in [6.45, 7) is 4.47. The minimum atomic E-state index is -2.91. The average Bonchev–Trinajstić information content (AvgIpc) is 2.52. The Morgan fingerprint density at radius 1 is 1.43 bits per heavy atom. The van der Waals surface area contributed by atoms with E-state index in [0.717, 1.165) is 25.9 Å². The molecule has 1 aromatic heterocycles. The second-order valence-corrected chi connectivity index (χ2v) is 8.73. The fourth-order valence-electron chi connectivity index (χ4n) is 3.16. The Bertz CT molecular complexity index is 617. The van der Waals surface area contributed by atoms with Crippen LogP contribution in [0.4, 0.5) is 0 Å². The van der Waals surface area contributed by atoms with Gasteiger partial charge in [0.1, 0.15) is 6.10 Å². The number of hydrogen-bond acceptors (Lipinski definition) is 7. The molecule has 0 aliphatic carbocycles. The quantitative estimate of drug-likeness (QED) is 0.746. The van der Waals surface area contributed by atoms with Crippen molar-refractivity contribution in [3.63, 3.8) is 0 Å². The van der Waals surface area contributed by atoms with Crippen LogP contribution in [-0.4, -0.2) is 72.7 Å². The molecule has 1 atom stereocenters. The number of ether oxygens (including phenoxy) is 2. The number of likely N-dealkylation sites (tertiary alicyclic amines) is 1. The molecule has 2 saturated heterocycles. The molecule has 7 nitrogen and oxygen atoms in total. The molecule has 2 aliphatic rings. The first-order valence-electron chi connectivity index (χ1n) is 8.00. The second kappa shape index (κ2) is 6.70. The molecule has 23 heavy (non-hydrogen) atoms. The molecule has 3 rings (SSSR count). The van der Waals surface area contributed by atoms with Gasteiger partial charge in [-0.1, -0.05) is 6.92 Å². The van der Waals surface area contributed by atoms with Crippen LogP contribution in [0.5, 0.6) is 5.88 Å². The fraction of sp³-hybridized carbons (Fsp3) is 0.733. The van der Waals surface area contributed by atoms with Crippen molar-refractivity contribution < 1.29 is 17.9 Å². The molecular weight excluding hydrogens is 318 g/mol. The van der Waals surface area contributed by atoms with Crippen LogP contribution < -0.4 is 4.74 Å². The number of sulfone groups is 1. The van der Waals surface area contributed by atoms with Crippen LogP contribution in [0.3, 0.4) is 0 Å². The van der Waals surface area contributed by atoms with Gasteiger partial charge in [-0.15, -0.1) is 0 Å². The smallest absolute Gasteiger partial charge is 0.232 e. The Labute approximate surface area is 136 Å². The van der Waals surface area contributed by atoms with Crippen molar-refractivity contribution in [1.29, 1.82) is 0 Å². The SMILES string of the molecule is CCS(=O)(=O)CCN1CC2(CC(Oc3cnccn3)CCO2)C1. The van der Waals surface area contributed by atoms with Gasteiger partial charge < -0.3 is 9.47 Å². The molecule has 8 heteroatoms. The molecule has 1 unspecified atom stereocenters. The van der Waals surface area contributed by atoms with Crippen molar-refractivity contribution in [2.24, 2.45) is 0 Å². The first-order chi connectivity index (χ1) is 11.0. The van der Waals surface area contributed by atoms with Gasteiger partial charge in [-0.3, -0.25) is 9.88 Å². The normalized spacial score (nSPS) is 24.3. The second-order valence-electron chi connectivity index (χ2n) is 6.25. The highest BCUT2D eigenvalue weighted by atomic mass is 32.2. The fourth-order valence-corrected chi connectivity index (χ4v) is 3.99. The van der Waals surface area contributed by atoms with E-state index in [1.54, 1.807) is 25.5 Å². The third kappa shape index (κ3) is 4.19. The third-order valence-electron chi connectivity index (χ3n) is 4.46. The van der Waals surface area contributed by atoms with Crippen molar-refractivity contribution in [1.82, 2.24) is 14.9 Å². The summed E-state index contributed by atoms with van der Waals surface area (Å²) in [7, 11) is -2.91. The predicted molar refractivity (Wildman–Crippen MR) is 85.1 cm³/mol. The topological polar surface area (TPSA) is 81.6 Å². The average molecular weight is 341 g/mol. The van der Waals surface area contributed by atoms with E-state index in [2.05, 4.69) is 14.9 Å². The van der Waals surface area contributed by atoms with Crippen molar-refractivity contribution >= 4 is 9.84 Å². The van der Waals surface area contributed by atoms with Crippen LogP contribution >= 0.6 is 0 Å². The standard InChI is InChI=1S/C15H23N3O4S/c1-2-23(19,20)8-6-18-11-15(12-18)9-13(3-7-21-15)22-14-10-16-4-5-17-14/h4-5,10,13H,2-3,6-9,11-12H2,1H3. The van der Waals surface area contributed by atoms with Gasteiger partial charge in [0, 0.05) is 50.6 Å². The van der Waals surface area contributed by atoms with Crippen molar-refractivity contribution in [2.45, 2.75) is 31.5 Å². The lowest BCUT2D eigenvalue weighted by atomic mass is 9.85. The van der Waals surface area contributed by atoms with Crippen molar-refractivity contribution in [3.05, 3.63) is 18.6 Å². The molecule has 0 saturated carbocycles. The summed E-state index contributed by atoms with van der Waals surface area (Å²) < 4.78 is 35.0. The molecule has 128 valence electrons. The summed E-state index contributed by atoms with van der Waals surface area (Å²) in [5.74, 6) is 0.968. The lowest BCUT2D eigenvalue weighted by Gasteiger charge is -2.53. The predicted octanol–water partition coefficient (Wildman–Crippen LogP) is 0.524. The lowest BCUT2D eigenvalue weighted by Crippen LogP contribution is -2.66. The zero-order valence-corrected chi connectivity index (χ0v) is 14.2. The van der Waals surface area contributed by atoms with Gasteiger partial charge in [-0.05, 0) is 0 Å². The molecule has 0 amide bonds. The van der Waals surface area contributed by atoms with E-state index in [1.165, 1.54) is 0 Å². The Balaban J connectivity index is 1.48. The molecule has 2 fully saturated rings. The number of nitrogens with zero attached hydrogens (tertiary/aromatic N) is 3. The molecule has 2 aliphatic heterocycles. The summed E-state index contributed by atoms with van der Waals surface area (Å²) in [5.41, 5.74) is -0.193. The van der Waals surface area contributed by atoms with Crippen molar-refractivity contribution in [2.75, 3.05) is 37.7 Å². The van der Waals surface area contributed by atoms with Crippen LogP contribution in [0.2, 0.25) is 0 Å². The zero-order valence-electron chi connectivity index (χ0n) is 13.3.